The number of rotatable bonds is 5. The van der Waals surface area contributed by atoms with Gasteiger partial charge in [-0.2, -0.15) is 18.3 Å². The van der Waals surface area contributed by atoms with Crippen LogP contribution in [0.1, 0.15) is 20.7 Å². The molecule has 3 aromatic rings. The van der Waals surface area contributed by atoms with Gasteiger partial charge in [0.15, 0.2) is 0 Å². The molecular formula is C19H18F3N7O3. The Bertz CT molecular complexity index is 1140. The number of hydrogen-bond donors (Lipinski definition) is 1. The first kappa shape index (κ1) is 21.5. The Labute approximate surface area is 179 Å². The summed E-state index contributed by atoms with van der Waals surface area (Å²) in [5.74, 6) is -4.24. The molecule has 0 aliphatic carbocycles. The summed E-state index contributed by atoms with van der Waals surface area (Å²) in [5.41, 5.74) is 0.867. The molecule has 13 heteroatoms. The van der Waals surface area contributed by atoms with E-state index in [2.05, 4.69) is 20.4 Å². The van der Waals surface area contributed by atoms with Gasteiger partial charge in [0.2, 0.25) is 0 Å². The third kappa shape index (κ3) is 4.31. The van der Waals surface area contributed by atoms with Crippen molar-refractivity contribution in [2.75, 3.05) is 13.1 Å². The molecule has 2 atom stereocenters. The topological polar surface area (TPSA) is 119 Å². The van der Waals surface area contributed by atoms with Crippen LogP contribution in [-0.2, 0) is 13.6 Å². The summed E-state index contributed by atoms with van der Waals surface area (Å²) in [7, 11) is 1.62. The number of likely N-dealkylation sites (tertiary alicyclic amines) is 1. The van der Waals surface area contributed by atoms with Crippen LogP contribution in [0.3, 0.4) is 0 Å². The lowest BCUT2D eigenvalue weighted by atomic mass is 9.95. The van der Waals surface area contributed by atoms with E-state index < -0.39 is 36.4 Å². The maximum absolute atomic E-state index is 13.7. The Morgan fingerprint density at radius 3 is 2.50 bits per heavy atom. The average molecular weight is 449 g/mol. The van der Waals surface area contributed by atoms with Crippen molar-refractivity contribution in [3.8, 4) is 11.4 Å². The zero-order valence-electron chi connectivity index (χ0n) is 16.8. The van der Waals surface area contributed by atoms with Crippen LogP contribution >= 0.6 is 0 Å². The third-order valence-electron chi connectivity index (χ3n) is 5.33. The Balaban J connectivity index is 1.50. The number of carboxylic acids is 1. The number of nitrogens with zero attached hydrogens (tertiary/aromatic N) is 7. The molecule has 0 saturated carbocycles. The van der Waals surface area contributed by atoms with E-state index in [1.54, 1.807) is 7.05 Å². The molecule has 0 radical (unpaired) electrons. The van der Waals surface area contributed by atoms with Crippen molar-refractivity contribution in [3.05, 3.63) is 48.0 Å². The van der Waals surface area contributed by atoms with Crippen LogP contribution in [0.25, 0.3) is 11.4 Å². The molecule has 0 unspecified atom stereocenters. The number of alkyl halides is 3. The van der Waals surface area contributed by atoms with Crippen LogP contribution in [-0.4, -0.2) is 70.9 Å². The molecule has 0 aromatic carbocycles. The van der Waals surface area contributed by atoms with Gasteiger partial charge in [0.05, 0.1) is 35.1 Å². The Kier molecular flexibility index (Phi) is 5.40. The number of aromatic nitrogens is 6. The van der Waals surface area contributed by atoms with E-state index in [1.807, 2.05) is 0 Å². The normalized spacial score (nSPS) is 18.8. The number of hydrogen-bond acceptors (Lipinski definition) is 6. The minimum Gasteiger partial charge on any atom is -0.478 e. The van der Waals surface area contributed by atoms with Gasteiger partial charge in [0.25, 0.3) is 5.91 Å². The Morgan fingerprint density at radius 1 is 1.12 bits per heavy atom. The molecule has 1 saturated heterocycles. The van der Waals surface area contributed by atoms with Crippen molar-refractivity contribution in [2.45, 2.75) is 12.7 Å². The molecule has 3 aromatic heterocycles. The summed E-state index contributed by atoms with van der Waals surface area (Å²) in [6, 6.07) is 2.79. The number of carboxylic acid groups (broad SMARTS) is 1. The van der Waals surface area contributed by atoms with Gasteiger partial charge in [-0.15, -0.1) is 5.10 Å². The zero-order valence-corrected chi connectivity index (χ0v) is 16.8. The Hall–Kier alpha value is -3.77. The SMILES string of the molecule is Cn1cc(C(=O)N2C[C@@H](Cn3cc(-c4ccc(C(=O)O)cn4)nn3)[C@H](C(F)(F)F)C2)cn1. The van der Waals surface area contributed by atoms with Gasteiger partial charge in [-0.1, -0.05) is 5.21 Å². The van der Waals surface area contributed by atoms with Gasteiger partial charge in [0, 0.05) is 45.0 Å². The fraction of sp³-hybridized carbons (Fsp3) is 0.368. The summed E-state index contributed by atoms with van der Waals surface area (Å²) >= 11 is 0. The highest BCUT2D eigenvalue weighted by Gasteiger charge is 2.51. The number of halogens is 3. The summed E-state index contributed by atoms with van der Waals surface area (Å²) < 4.78 is 43.7. The van der Waals surface area contributed by atoms with Crippen LogP contribution in [0, 0.1) is 11.8 Å². The first-order valence-corrected chi connectivity index (χ1v) is 9.56. The largest absolute Gasteiger partial charge is 0.478 e. The zero-order chi connectivity index (χ0) is 23.0. The predicted octanol–water partition coefficient (Wildman–Crippen LogP) is 1.72. The first-order chi connectivity index (χ1) is 15.1. The number of amides is 1. The van der Waals surface area contributed by atoms with E-state index in [1.165, 1.54) is 45.0 Å². The minimum atomic E-state index is -4.48. The predicted molar refractivity (Wildman–Crippen MR) is 102 cm³/mol. The molecule has 1 aliphatic rings. The molecule has 1 fully saturated rings. The van der Waals surface area contributed by atoms with Crippen molar-refractivity contribution >= 4 is 11.9 Å². The number of carbonyl (C=O) groups excluding carboxylic acids is 1. The molecule has 4 heterocycles. The van der Waals surface area contributed by atoms with Gasteiger partial charge < -0.3 is 10.0 Å². The van der Waals surface area contributed by atoms with Gasteiger partial charge in [0.1, 0.15) is 5.69 Å². The summed E-state index contributed by atoms with van der Waals surface area (Å²) in [6.45, 7) is -0.623. The molecule has 1 N–H and O–H groups in total. The highest BCUT2D eigenvalue weighted by Crippen LogP contribution is 2.38. The lowest BCUT2D eigenvalue weighted by Crippen LogP contribution is -2.33. The van der Waals surface area contributed by atoms with E-state index in [9.17, 15) is 22.8 Å². The number of aromatic carboxylic acids is 1. The maximum atomic E-state index is 13.7. The second-order valence-corrected chi connectivity index (χ2v) is 7.58. The summed E-state index contributed by atoms with van der Waals surface area (Å²) in [6.07, 6.45) is 0.915. The molecule has 32 heavy (non-hydrogen) atoms. The quantitative estimate of drug-likeness (QED) is 0.630. The van der Waals surface area contributed by atoms with Crippen LogP contribution in [0.2, 0.25) is 0 Å². The smallest absolute Gasteiger partial charge is 0.393 e. The molecule has 168 valence electrons. The van der Waals surface area contributed by atoms with Crippen molar-refractivity contribution in [3.63, 3.8) is 0 Å². The first-order valence-electron chi connectivity index (χ1n) is 9.56. The molecular weight excluding hydrogens is 431 g/mol. The van der Waals surface area contributed by atoms with Gasteiger partial charge in [-0.25, -0.2) is 4.79 Å². The monoisotopic (exact) mass is 449 g/mol. The lowest BCUT2D eigenvalue weighted by molar-refractivity contribution is -0.181. The van der Waals surface area contributed by atoms with Gasteiger partial charge >= 0.3 is 12.1 Å². The number of carbonyl (C=O) groups is 2. The molecule has 10 nitrogen and oxygen atoms in total. The molecule has 0 bridgehead atoms. The minimum absolute atomic E-state index is 0.00140. The lowest BCUT2D eigenvalue weighted by Gasteiger charge is -2.20. The van der Waals surface area contributed by atoms with Gasteiger partial charge in [-0.3, -0.25) is 19.1 Å². The molecule has 4 rings (SSSR count). The fourth-order valence-electron chi connectivity index (χ4n) is 3.72. The summed E-state index contributed by atoms with van der Waals surface area (Å²) in [5, 5.41) is 20.6. The van der Waals surface area contributed by atoms with Crippen LogP contribution in [0.5, 0.6) is 0 Å². The standard InChI is InChI=1S/C19H18F3N7O3/c1-27-6-12(5-24-27)17(30)28-7-13(14(9-28)19(20,21)22)8-29-10-16(25-26-29)15-3-2-11(4-23-15)18(31)32/h2-6,10,13-14H,7-9H2,1H3,(H,31,32)/t13-,14+/m0/s1. The second-order valence-electron chi connectivity index (χ2n) is 7.58. The van der Waals surface area contributed by atoms with Crippen molar-refractivity contribution in [2.24, 2.45) is 18.9 Å². The maximum Gasteiger partial charge on any atom is 0.393 e. The average Bonchev–Trinajstić information content (AvgIpc) is 3.47. The second kappa shape index (κ2) is 8.05. The fourth-order valence-corrected chi connectivity index (χ4v) is 3.72. The van der Waals surface area contributed by atoms with E-state index in [0.717, 1.165) is 6.20 Å². The molecule has 1 amide bonds. The Morgan fingerprint density at radius 2 is 1.91 bits per heavy atom. The number of aryl methyl sites for hydroxylation is 1. The summed E-state index contributed by atoms with van der Waals surface area (Å²) in [4.78, 5) is 28.7. The van der Waals surface area contributed by atoms with E-state index in [4.69, 9.17) is 5.11 Å². The van der Waals surface area contributed by atoms with Crippen molar-refractivity contribution < 1.29 is 27.9 Å². The highest BCUT2D eigenvalue weighted by molar-refractivity contribution is 5.94. The highest BCUT2D eigenvalue weighted by atomic mass is 19.4. The van der Waals surface area contributed by atoms with Crippen LogP contribution in [0.15, 0.2) is 36.9 Å². The van der Waals surface area contributed by atoms with Crippen LogP contribution < -0.4 is 0 Å². The third-order valence-corrected chi connectivity index (χ3v) is 5.33. The van der Waals surface area contributed by atoms with Crippen molar-refractivity contribution in [1.29, 1.82) is 0 Å². The number of pyridine rings is 1. The van der Waals surface area contributed by atoms with Gasteiger partial charge in [-0.05, 0) is 12.1 Å². The van der Waals surface area contributed by atoms with Crippen LogP contribution in [0.4, 0.5) is 13.2 Å². The molecule has 0 spiro atoms. The van der Waals surface area contributed by atoms with E-state index >= 15 is 0 Å². The molecule has 1 aliphatic heterocycles. The van der Waals surface area contributed by atoms with E-state index in [0.29, 0.717) is 11.4 Å². The van der Waals surface area contributed by atoms with E-state index in [-0.39, 0.29) is 24.2 Å². The van der Waals surface area contributed by atoms with Crippen molar-refractivity contribution in [1.82, 2.24) is 34.7 Å².